The summed E-state index contributed by atoms with van der Waals surface area (Å²) in [5, 5.41) is 2.83. The van der Waals surface area contributed by atoms with E-state index in [1.54, 1.807) is 24.3 Å². The molecule has 0 atom stereocenters. The Morgan fingerprint density at radius 1 is 1.09 bits per heavy atom. The molecule has 0 spiro atoms. The van der Waals surface area contributed by atoms with E-state index in [1.807, 2.05) is 13.8 Å². The first-order valence-corrected chi connectivity index (χ1v) is 7.80. The van der Waals surface area contributed by atoms with E-state index in [4.69, 9.17) is 0 Å². The first-order chi connectivity index (χ1) is 10.5. The van der Waals surface area contributed by atoms with E-state index in [1.165, 1.54) is 0 Å². The van der Waals surface area contributed by atoms with E-state index in [0.717, 1.165) is 31.9 Å². The Labute approximate surface area is 132 Å². The van der Waals surface area contributed by atoms with Crippen molar-refractivity contribution in [2.75, 3.05) is 45.1 Å². The zero-order valence-electron chi connectivity index (χ0n) is 13.6. The normalized spacial score (nSPS) is 16.7. The molecule has 0 aliphatic carbocycles. The van der Waals surface area contributed by atoms with Crippen molar-refractivity contribution in [2.24, 2.45) is 5.92 Å². The average molecular weight is 303 g/mol. The van der Waals surface area contributed by atoms with E-state index < -0.39 is 0 Å². The molecule has 1 heterocycles. The standard InChI is InChI=1S/C17H25N3O2/c1-13(2)17(22)18-15-6-4-14(5-7-15)16(21)12-20-10-8-19(3)9-11-20/h4-7,13H,8-12H2,1-3H3,(H,18,22). The molecule has 1 fully saturated rings. The number of hydrogen-bond donors (Lipinski definition) is 1. The summed E-state index contributed by atoms with van der Waals surface area (Å²) in [6.45, 7) is 8.05. The Balaban J connectivity index is 1.89. The van der Waals surface area contributed by atoms with Crippen LogP contribution in [-0.2, 0) is 4.79 Å². The highest BCUT2D eigenvalue weighted by Gasteiger charge is 2.17. The van der Waals surface area contributed by atoms with Gasteiger partial charge in [0.25, 0.3) is 0 Å². The Bertz CT molecular complexity index is 517. The van der Waals surface area contributed by atoms with E-state index in [9.17, 15) is 9.59 Å². The number of benzene rings is 1. The molecule has 22 heavy (non-hydrogen) atoms. The topological polar surface area (TPSA) is 52.7 Å². The van der Waals surface area contributed by atoms with Gasteiger partial charge in [-0.15, -0.1) is 0 Å². The van der Waals surface area contributed by atoms with Crippen LogP contribution < -0.4 is 5.32 Å². The minimum absolute atomic E-state index is 0.0171. The van der Waals surface area contributed by atoms with Crippen LogP contribution >= 0.6 is 0 Å². The lowest BCUT2D eigenvalue weighted by molar-refractivity contribution is -0.118. The summed E-state index contributed by atoms with van der Waals surface area (Å²) in [6.07, 6.45) is 0. The van der Waals surface area contributed by atoms with E-state index >= 15 is 0 Å². The van der Waals surface area contributed by atoms with Crippen molar-refractivity contribution in [2.45, 2.75) is 13.8 Å². The van der Waals surface area contributed by atoms with Crippen molar-refractivity contribution in [1.82, 2.24) is 9.80 Å². The monoisotopic (exact) mass is 303 g/mol. The second-order valence-corrected chi connectivity index (χ2v) is 6.22. The summed E-state index contributed by atoms with van der Waals surface area (Å²) < 4.78 is 0. The van der Waals surface area contributed by atoms with Gasteiger partial charge in [0, 0.05) is 43.3 Å². The molecule has 1 N–H and O–H groups in total. The molecule has 1 aromatic rings. The van der Waals surface area contributed by atoms with E-state index in [-0.39, 0.29) is 17.6 Å². The van der Waals surface area contributed by atoms with Crippen LogP contribution in [0, 0.1) is 5.92 Å². The minimum atomic E-state index is -0.0569. The summed E-state index contributed by atoms with van der Waals surface area (Å²) >= 11 is 0. The molecule has 120 valence electrons. The molecule has 0 aromatic heterocycles. The van der Waals surface area contributed by atoms with Gasteiger partial charge in [-0.05, 0) is 31.3 Å². The molecule has 5 nitrogen and oxygen atoms in total. The Morgan fingerprint density at radius 2 is 1.68 bits per heavy atom. The number of nitrogens with one attached hydrogen (secondary N) is 1. The molecular weight excluding hydrogens is 278 g/mol. The number of carbonyl (C=O) groups is 2. The highest BCUT2D eigenvalue weighted by molar-refractivity contribution is 5.98. The van der Waals surface area contributed by atoms with Crippen molar-refractivity contribution in [3.05, 3.63) is 29.8 Å². The number of ketones is 1. The van der Waals surface area contributed by atoms with Gasteiger partial charge in [0.15, 0.2) is 5.78 Å². The number of hydrogen-bond acceptors (Lipinski definition) is 4. The largest absolute Gasteiger partial charge is 0.326 e. The highest BCUT2D eigenvalue weighted by atomic mass is 16.1. The predicted molar refractivity (Wildman–Crippen MR) is 88.2 cm³/mol. The third-order valence-corrected chi connectivity index (χ3v) is 3.96. The molecule has 0 bridgehead atoms. The smallest absolute Gasteiger partial charge is 0.226 e. The number of Topliss-reactive ketones (excluding diaryl/α,β-unsaturated/α-hetero) is 1. The molecular formula is C17H25N3O2. The maximum Gasteiger partial charge on any atom is 0.226 e. The average Bonchev–Trinajstić information content (AvgIpc) is 2.50. The summed E-state index contributed by atoms with van der Waals surface area (Å²) in [6, 6.07) is 7.15. The fourth-order valence-electron chi connectivity index (χ4n) is 2.33. The van der Waals surface area contributed by atoms with Gasteiger partial charge in [-0.1, -0.05) is 13.8 Å². The van der Waals surface area contributed by atoms with Gasteiger partial charge in [-0.3, -0.25) is 14.5 Å². The van der Waals surface area contributed by atoms with Crippen LogP contribution in [0.2, 0.25) is 0 Å². The molecule has 1 aromatic carbocycles. The van der Waals surface area contributed by atoms with Crippen LogP contribution in [0.5, 0.6) is 0 Å². The Morgan fingerprint density at radius 3 is 2.23 bits per heavy atom. The van der Waals surface area contributed by atoms with E-state index in [2.05, 4.69) is 22.2 Å². The van der Waals surface area contributed by atoms with Crippen molar-refractivity contribution < 1.29 is 9.59 Å². The maximum absolute atomic E-state index is 12.3. The quantitative estimate of drug-likeness (QED) is 0.842. The van der Waals surface area contributed by atoms with Gasteiger partial charge in [-0.25, -0.2) is 0 Å². The number of piperazine rings is 1. The molecule has 2 rings (SSSR count). The third-order valence-electron chi connectivity index (χ3n) is 3.96. The van der Waals surface area contributed by atoms with Crippen LogP contribution in [0.25, 0.3) is 0 Å². The summed E-state index contributed by atoms with van der Waals surface area (Å²) in [4.78, 5) is 28.4. The first-order valence-electron chi connectivity index (χ1n) is 7.80. The second-order valence-electron chi connectivity index (χ2n) is 6.22. The molecule has 1 saturated heterocycles. The molecule has 0 saturated carbocycles. The number of rotatable bonds is 5. The molecule has 0 radical (unpaired) electrons. The maximum atomic E-state index is 12.3. The molecule has 1 aliphatic heterocycles. The number of amides is 1. The third kappa shape index (κ3) is 4.64. The zero-order valence-corrected chi connectivity index (χ0v) is 13.6. The first kappa shape index (κ1) is 16.6. The Hall–Kier alpha value is -1.72. The highest BCUT2D eigenvalue weighted by Crippen LogP contribution is 2.12. The van der Waals surface area contributed by atoms with Crippen molar-refractivity contribution in [3.63, 3.8) is 0 Å². The van der Waals surface area contributed by atoms with Gasteiger partial charge in [0.05, 0.1) is 6.54 Å². The van der Waals surface area contributed by atoms with Crippen molar-refractivity contribution in [3.8, 4) is 0 Å². The predicted octanol–water partition coefficient (Wildman–Crippen LogP) is 1.71. The lowest BCUT2D eigenvalue weighted by atomic mass is 10.1. The fraction of sp³-hybridized carbons (Fsp3) is 0.529. The molecule has 0 unspecified atom stereocenters. The van der Waals surface area contributed by atoms with Gasteiger partial charge < -0.3 is 10.2 Å². The van der Waals surface area contributed by atoms with Gasteiger partial charge in [-0.2, -0.15) is 0 Å². The van der Waals surface area contributed by atoms with Crippen LogP contribution in [0.1, 0.15) is 24.2 Å². The van der Waals surface area contributed by atoms with Crippen molar-refractivity contribution in [1.29, 1.82) is 0 Å². The zero-order chi connectivity index (χ0) is 16.1. The van der Waals surface area contributed by atoms with Crippen LogP contribution in [0.4, 0.5) is 5.69 Å². The van der Waals surface area contributed by atoms with Crippen molar-refractivity contribution >= 4 is 17.4 Å². The Kier molecular flexibility index (Phi) is 5.69. The summed E-state index contributed by atoms with van der Waals surface area (Å²) in [5.74, 6) is 0.0568. The lowest BCUT2D eigenvalue weighted by Gasteiger charge is -2.31. The SMILES string of the molecule is CC(C)C(=O)Nc1ccc(C(=O)CN2CCN(C)CC2)cc1. The summed E-state index contributed by atoms with van der Waals surface area (Å²) in [5.41, 5.74) is 1.43. The van der Waals surface area contributed by atoms with Gasteiger partial charge in [0.2, 0.25) is 5.91 Å². The van der Waals surface area contributed by atoms with Gasteiger partial charge in [0.1, 0.15) is 0 Å². The van der Waals surface area contributed by atoms with Crippen LogP contribution in [-0.4, -0.2) is 61.3 Å². The number of nitrogens with zero attached hydrogens (tertiary/aromatic N) is 2. The minimum Gasteiger partial charge on any atom is -0.326 e. The van der Waals surface area contributed by atoms with Crippen LogP contribution in [0.15, 0.2) is 24.3 Å². The van der Waals surface area contributed by atoms with E-state index in [0.29, 0.717) is 12.1 Å². The number of anilines is 1. The second kappa shape index (κ2) is 7.51. The van der Waals surface area contributed by atoms with Gasteiger partial charge >= 0.3 is 0 Å². The fourth-order valence-corrected chi connectivity index (χ4v) is 2.33. The van der Waals surface area contributed by atoms with Crippen LogP contribution in [0.3, 0.4) is 0 Å². The number of likely N-dealkylation sites (N-methyl/N-ethyl adjacent to an activating group) is 1. The lowest BCUT2D eigenvalue weighted by Crippen LogP contribution is -2.46. The molecule has 1 amide bonds. The molecule has 1 aliphatic rings. The summed E-state index contributed by atoms with van der Waals surface area (Å²) in [7, 11) is 2.10. The number of carbonyl (C=O) groups excluding carboxylic acids is 2. The molecule has 5 heteroatoms.